The van der Waals surface area contributed by atoms with Gasteiger partial charge in [-0.25, -0.2) is 0 Å². The molecule has 0 aliphatic rings. The van der Waals surface area contributed by atoms with Gasteiger partial charge >= 0.3 is 0 Å². The minimum Gasteiger partial charge on any atom is -0.320 e. The Morgan fingerprint density at radius 2 is 1.97 bits per heavy atom. The molecule has 0 saturated carbocycles. The van der Waals surface area contributed by atoms with Crippen LogP contribution in [0.5, 0.6) is 0 Å². The number of para-hydroxylation sites is 2. The van der Waals surface area contributed by atoms with E-state index in [0.717, 1.165) is 23.0 Å². The fraction of sp³-hybridized carbons (Fsp3) is 0.0476. The van der Waals surface area contributed by atoms with Crippen LogP contribution in [-0.4, -0.2) is 36.3 Å². The number of thioether (sulfide) groups is 1. The number of nitrogens with one attached hydrogen (secondary N) is 1. The second-order valence-electron chi connectivity index (χ2n) is 6.47. The van der Waals surface area contributed by atoms with E-state index < -0.39 is 10.8 Å². The second kappa shape index (κ2) is 9.58. The SMILES string of the molecule is O=C(CSc1nnc(-c2cccnc2)n1-c1cccc(Cl)c1)Nc1ccccc1[N+](=O)[O-]. The highest BCUT2D eigenvalue weighted by Crippen LogP contribution is 2.29. The molecule has 2 aromatic carbocycles. The molecule has 1 N–H and O–H groups in total. The van der Waals surface area contributed by atoms with Crippen molar-refractivity contribution in [2.24, 2.45) is 0 Å². The topological polar surface area (TPSA) is 116 Å². The number of carbonyl (C=O) groups excluding carboxylic acids is 1. The normalized spacial score (nSPS) is 10.7. The van der Waals surface area contributed by atoms with Crippen LogP contribution in [-0.2, 0) is 4.79 Å². The molecule has 0 aliphatic heterocycles. The lowest BCUT2D eigenvalue weighted by Gasteiger charge is -2.11. The molecule has 0 spiro atoms. The summed E-state index contributed by atoms with van der Waals surface area (Å²) in [6.07, 6.45) is 3.33. The highest BCUT2D eigenvalue weighted by Gasteiger charge is 2.19. The van der Waals surface area contributed by atoms with Crippen molar-refractivity contribution in [1.82, 2.24) is 19.7 Å². The maximum absolute atomic E-state index is 12.5. The molecule has 0 unspecified atom stereocenters. The fourth-order valence-electron chi connectivity index (χ4n) is 2.95. The third-order valence-corrected chi connectivity index (χ3v) is 5.49. The van der Waals surface area contributed by atoms with Crippen molar-refractivity contribution in [2.45, 2.75) is 5.16 Å². The molecule has 0 radical (unpaired) electrons. The summed E-state index contributed by atoms with van der Waals surface area (Å²) in [5.41, 5.74) is 1.43. The zero-order valence-electron chi connectivity index (χ0n) is 16.4. The van der Waals surface area contributed by atoms with Gasteiger partial charge in [-0.1, -0.05) is 41.6 Å². The Labute approximate surface area is 191 Å². The lowest BCUT2D eigenvalue weighted by molar-refractivity contribution is -0.383. The maximum atomic E-state index is 12.5. The van der Waals surface area contributed by atoms with E-state index in [4.69, 9.17) is 11.6 Å². The summed E-state index contributed by atoms with van der Waals surface area (Å²) in [6, 6.07) is 16.8. The van der Waals surface area contributed by atoms with Crippen molar-refractivity contribution in [3.8, 4) is 17.1 Å². The first-order chi connectivity index (χ1) is 15.5. The van der Waals surface area contributed by atoms with Gasteiger partial charge in [0.15, 0.2) is 11.0 Å². The second-order valence-corrected chi connectivity index (χ2v) is 7.85. The Morgan fingerprint density at radius 3 is 2.72 bits per heavy atom. The van der Waals surface area contributed by atoms with Crippen molar-refractivity contribution in [3.63, 3.8) is 0 Å². The van der Waals surface area contributed by atoms with E-state index in [1.165, 1.54) is 18.2 Å². The van der Waals surface area contributed by atoms with Gasteiger partial charge in [0.05, 0.1) is 16.4 Å². The highest BCUT2D eigenvalue weighted by molar-refractivity contribution is 7.99. The summed E-state index contributed by atoms with van der Waals surface area (Å²) < 4.78 is 1.78. The Balaban J connectivity index is 1.60. The molecular formula is C21H15ClN6O3S. The monoisotopic (exact) mass is 466 g/mol. The Hall–Kier alpha value is -3.76. The standard InChI is InChI=1S/C21H15ClN6O3S/c22-15-6-3-7-16(11-15)27-20(14-5-4-10-23-12-14)25-26-21(27)32-13-19(29)24-17-8-1-2-9-18(17)28(30)31/h1-12H,13H2,(H,24,29). The Kier molecular flexibility index (Phi) is 6.43. The van der Waals surface area contributed by atoms with Gasteiger partial charge < -0.3 is 5.32 Å². The van der Waals surface area contributed by atoms with Gasteiger partial charge in [0.25, 0.3) is 5.69 Å². The van der Waals surface area contributed by atoms with Gasteiger partial charge in [0.2, 0.25) is 5.91 Å². The number of anilines is 1. The van der Waals surface area contributed by atoms with E-state index in [0.29, 0.717) is 16.0 Å². The van der Waals surface area contributed by atoms with Gasteiger partial charge in [-0.3, -0.25) is 24.5 Å². The summed E-state index contributed by atoms with van der Waals surface area (Å²) in [4.78, 5) is 27.2. The third-order valence-electron chi connectivity index (χ3n) is 4.33. The van der Waals surface area contributed by atoms with Gasteiger partial charge in [-0.15, -0.1) is 10.2 Å². The summed E-state index contributed by atoms with van der Waals surface area (Å²) >= 11 is 7.33. The van der Waals surface area contributed by atoms with E-state index in [-0.39, 0.29) is 17.1 Å². The number of hydrogen-bond donors (Lipinski definition) is 1. The summed E-state index contributed by atoms with van der Waals surface area (Å²) in [6.45, 7) is 0. The lowest BCUT2D eigenvalue weighted by Crippen LogP contribution is -2.15. The van der Waals surface area contributed by atoms with E-state index in [9.17, 15) is 14.9 Å². The smallest absolute Gasteiger partial charge is 0.292 e. The maximum Gasteiger partial charge on any atom is 0.292 e. The summed E-state index contributed by atoms with van der Waals surface area (Å²) in [5, 5.41) is 23.3. The summed E-state index contributed by atoms with van der Waals surface area (Å²) in [5.74, 6) is 0.104. The summed E-state index contributed by atoms with van der Waals surface area (Å²) in [7, 11) is 0. The molecule has 0 atom stereocenters. The van der Waals surface area contributed by atoms with Crippen LogP contribution in [0.25, 0.3) is 17.1 Å². The predicted molar refractivity (Wildman–Crippen MR) is 122 cm³/mol. The number of pyridine rings is 1. The number of amides is 1. The van der Waals surface area contributed by atoms with Crippen LogP contribution in [0.1, 0.15) is 0 Å². The number of aromatic nitrogens is 4. The molecule has 1 amide bonds. The average Bonchev–Trinajstić information content (AvgIpc) is 3.22. The van der Waals surface area contributed by atoms with Crippen LogP contribution in [0.15, 0.2) is 78.2 Å². The molecule has 9 nitrogen and oxygen atoms in total. The molecular weight excluding hydrogens is 452 g/mol. The molecule has 2 aromatic heterocycles. The number of nitro groups is 1. The highest BCUT2D eigenvalue weighted by atomic mass is 35.5. The number of nitro benzene ring substituents is 1. The van der Waals surface area contributed by atoms with Crippen LogP contribution >= 0.6 is 23.4 Å². The van der Waals surface area contributed by atoms with Gasteiger partial charge in [0.1, 0.15) is 5.69 Å². The lowest BCUT2D eigenvalue weighted by atomic mass is 10.2. The molecule has 0 saturated heterocycles. The molecule has 32 heavy (non-hydrogen) atoms. The van der Waals surface area contributed by atoms with E-state index in [1.807, 2.05) is 12.1 Å². The van der Waals surface area contributed by atoms with Crippen LogP contribution in [0, 0.1) is 10.1 Å². The molecule has 0 bridgehead atoms. The number of carbonyl (C=O) groups is 1. The first kappa shape index (κ1) is 21.5. The molecule has 160 valence electrons. The van der Waals surface area contributed by atoms with Crippen LogP contribution < -0.4 is 5.32 Å². The predicted octanol–water partition coefficient (Wildman–Crippen LogP) is 4.62. The van der Waals surface area contributed by atoms with Crippen LogP contribution in [0.4, 0.5) is 11.4 Å². The van der Waals surface area contributed by atoms with E-state index in [2.05, 4.69) is 20.5 Å². The zero-order valence-corrected chi connectivity index (χ0v) is 18.0. The number of halogens is 1. The Bertz CT molecular complexity index is 1280. The van der Waals surface area contributed by atoms with Gasteiger partial charge in [0, 0.05) is 29.0 Å². The number of nitrogens with zero attached hydrogens (tertiary/aromatic N) is 5. The molecule has 4 rings (SSSR count). The molecule has 11 heteroatoms. The minimum absolute atomic E-state index is 0.0300. The quantitative estimate of drug-likeness (QED) is 0.240. The van der Waals surface area contributed by atoms with Crippen molar-refractivity contribution in [2.75, 3.05) is 11.1 Å². The van der Waals surface area contributed by atoms with E-state index >= 15 is 0 Å². The molecule has 0 fully saturated rings. The number of hydrogen-bond acceptors (Lipinski definition) is 7. The fourth-order valence-corrected chi connectivity index (χ4v) is 3.88. The number of benzene rings is 2. The Morgan fingerprint density at radius 1 is 1.12 bits per heavy atom. The van der Waals surface area contributed by atoms with Crippen LogP contribution in [0.3, 0.4) is 0 Å². The van der Waals surface area contributed by atoms with Crippen LogP contribution in [0.2, 0.25) is 5.02 Å². The first-order valence-electron chi connectivity index (χ1n) is 9.31. The van der Waals surface area contributed by atoms with Gasteiger partial charge in [-0.2, -0.15) is 0 Å². The minimum atomic E-state index is -0.543. The zero-order chi connectivity index (χ0) is 22.5. The number of rotatable bonds is 7. The molecule has 4 aromatic rings. The first-order valence-corrected chi connectivity index (χ1v) is 10.7. The molecule has 2 heterocycles. The largest absolute Gasteiger partial charge is 0.320 e. The molecule has 0 aliphatic carbocycles. The van der Waals surface area contributed by atoms with Gasteiger partial charge in [-0.05, 0) is 36.4 Å². The van der Waals surface area contributed by atoms with Crippen molar-refractivity contribution in [1.29, 1.82) is 0 Å². The van der Waals surface area contributed by atoms with Crippen molar-refractivity contribution >= 4 is 40.6 Å². The van der Waals surface area contributed by atoms with Crippen molar-refractivity contribution < 1.29 is 9.72 Å². The third kappa shape index (κ3) is 4.76. The van der Waals surface area contributed by atoms with E-state index in [1.54, 1.807) is 47.3 Å². The average molecular weight is 467 g/mol. The van der Waals surface area contributed by atoms with Crippen molar-refractivity contribution in [3.05, 3.63) is 88.2 Å².